The summed E-state index contributed by atoms with van der Waals surface area (Å²) in [5, 5.41) is 0.231. The summed E-state index contributed by atoms with van der Waals surface area (Å²) >= 11 is 0. The maximum atomic E-state index is 12.4. The Hall–Kier alpha value is -1.22. The second-order valence-electron chi connectivity index (χ2n) is 4.93. The lowest BCUT2D eigenvalue weighted by molar-refractivity contribution is -0.115. The van der Waals surface area contributed by atoms with Crippen molar-refractivity contribution in [3.05, 3.63) is 46.8 Å². The van der Waals surface area contributed by atoms with E-state index in [0.29, 0.717) is 12.8 Å². The normalized spacial score (nSPS) is 20.4. The number of benzene rings is 1. The van der Waals surface area contributed by atoms with Crippen LogP contribution in [0, 0.1) is 0 Å². The van der Waals surface area contributed by atoms with Crippen molar-refractivity contribution >= 4 is 13.4 Å². The number of carbonyl (C=O) groups excluding carboxylic acids is 1. The van der Waals surface area contributed by atoms with Crippen LogP contribution < -0.4 is 0 Å². The molecule has 20 heavy (non-hydrogen) atoms. The molecule has 0 heterocycles. The number of rotatable bonds is 4. The molecule has 0 N–H and O–H groups in total. The predicted octanol–water partition coefficient (Wildman–Crippen LogP) is 3.89. The second kappa shape index (κ2) is 6.04. The molecule has 5 heteroatoms. The van der Waals surface area contributed by atoms with Gasteiger partial charge in [0.05, 0.1) is 0 Å². The third-order valence-corrected chi connectivity index (χ3v) is 5.82. The van der Waals surface area contributed by atoms with E-state index in [1.54, 1.807) is 0 Å². The minimum Gasteiger partial charge on any atom is -0.308 e. The first-order chi connectivity index (χ1) is 9.51. The highest BCUT2D eigenvalue weighted by Gasteiger charge is 2.39. The van der Waals surface area contributed by atoms with Gasteiger partial charge < -0.3 is 9.05 Å². The van der Waals surface area contributed by atoms with Gasteiger partial charge in [0.25, 0.3) is 0 Å². The van der Waals surface area contributed by atoms with E-state index in [-0.39, 0.29) is 17.0 Å². The lowest BCUT2D eigenvalue weighted by Gasteiger charge is -2.27. The average molecular weight is 294 g/mol. The molecule has 0 radical (unpaired) electrons. The molecule has 108 valence electrons. The van der Waals surface area contributed by atoms with E-state index >= 15 is 0 Å². The highest BCUT2D eigenvalue weighted by molar-refractivity contribution is 7.60. The van der Waals surface area contributed by atoms with Crippen molar-refractivity contribution < 1.29 is 18.4 Å². The Morgan fingerprint density at radius 1 is 1.10 bits per heavy atom. The Kier molecular flexibility index (Phi) is 4.59. The lowest BCUT2D eigenvalue weighted by Crippen LogP contribution is -2.18. The van der Waals surface area contributed by atoms with E-state index in [1.807, 2.05) is 37.3 Å². The molecular weight excluding hydrogens is 275 g/mol. The zero-order chi connectivity index (χ0) is 14.8. The Bertz CT molecular complexity index is 569. The van der Waals surface area contributed by atoms with Crippen LogP contribution in [0.4, 0.5) is 0 Å². The monoisotopic (exact) mass is 294 g/mol. The number of allylic oxidation sites excluding steroid dienone is 2. The summed E-state index contributed by atoms with van der Waals surface area (Å²) in [6.07, 6.45) is 1.04. The van der Waals surface area contributed by atoms with Crippen molar-refractivity contribution in [2.24, 2.45) is 0 Å². The molecule has 4 nitrogen and oxygen atoms in total. The van der Waals surface area contributed by atoms with Crippen molar-refractivity contribution in [1.82, 2.24) is 0 Å². The van der Waals surface area contributed by atoms with Gasteiger partial charge in [0.15, 0.2) is 5.78 Å². The van der Waals surface area contributed by atoms with Crippen molar-refractivity contribution in [3.8, 4) is 0 Å². The second-order valence-corrected chi connectivity index (χ2v) is 7.10. The van der Waals surface area contributed by atoms with Gasteiger partial charge in [0.2, 0.25) is 0 Å². The topological polar surface area (TPSA) is 52.6 Å². The summed E-state index contributed by atoms with van der Waals surface area (Å²) < 4.78 is 22.4. The highest BCUT2D eigenvalue weighted by atomic mass is 31.2. The first-order valence-electron chi connectivity index (χ1n) is 6.51. The SMILES string of the molecule is COP(=O)(OC)C1=C(C)CC(c2ccccc2)CC1=O. The quantitative estimate of drug-likeness (QED) is 0.790. The summed E-state index contributed by atoms with van der Waals surface area (Å²) in [6, 6.07) is 9.91. The van der Waals surface area contributed by atoms with Crippen LogP contribution >= 0.6 is 7.60 Å². The average Bonchev–Trinajstić information content (AvgIpc) is 2.47. The molecule has 0 saturated carbocycles. The van der Waals surface area contributed by atoms with Gasteiger partial charge in [-0.3, -0.25) is 9.36 Å². The van der Waals surface area contributed by atoms with E-state index in [0.717, 1.165) is 11.1 Å². The van der Waals surface area contributed by atoms with Gasteiger partial charge in [0, 0.05) is 20.6 Å². The molecule has 1 aliphatic carbocycles. The fraction of sp³-hybridized carbons (Fsp3) is 0.400. The Balaban J connectivity index is 2.35. The van der Waals surface area contributed by atoms with Crippen LogP contribution in [0.3, 0.4) is 0 Å². The Labute approximate surface area is 119 Å². The van der Waals surface area contributed by atoms with Crippen LogP contribution in [0.1, 0.15) is 31.2 Å². The largest absolute Gasteiger partial charge is 0.364 e. The molecule has 0 bridgehead atoms. The van der Waals surface area contributed by atoms with E-state index in [4.69, 9.17) is 9.05 Å². The zero-order valence-corrected chi connectivity index (χ0v) is 12.9. The molecule has 0 aromatic heterocycles. The molecule has 2 rings (SSSR count). The standard InChI is InChI=1S/C15H19O4P/c1-11-9-13(12-7-5-4-6-8-12)10-14(16)15(11)20(17,18-2)19-3/h4-8,13H,9-10H2,1-3H3. The van der Waals surface area contributed by atoms with Gasteiger partial charge in [-0.2, -0.15) is 0 Å². The zero-order valence-electron chi connectivity index (χ0n) is 12.0. The van der Waals surface area contributed by atoms with E-state index in [2.05, 4.69) is 0 Å². The van der Waals surface area contributed by atoms with Gasteiger partial charge in [-0.15, -0.1) is 0 Å². The molecule has 0 saturated heterocycles. The molecule has 1 aliphatic rings. The van der Waals surface area contributed by atoms with Crippen molar-refractivity contribution in [2.75, 3.05) is 14.2 Å². The summed E-state index contributed by atoms with van der Waals surface area (Å²) in [4.78, 5) is 12.4. The van der Waals surface area contributed by atoms with Gasteiger partial charge in [0.1, 0.15) is 5.31 Å². The summed E-state index contributed by atoms with van der Waals surface area (Å²) in [6.45, 7) is 1.83. The van der Waals surface area contributed by atoms with E-state index in [9.17, 15) is 9.36 Å². The van der Waals surface area contributed by atoms with Crippen LogP contribution in [0.2, 0.25) is 0 Å². The van der Waals surface area contributed by atoms with Gasteiger partial charge in [-0.25, -0.2) is 0 Å². The lowest BCUT2D eigenvalue weighted by atomic mass is 9.83. The number of hydrogen-bond acceptors (Lipinski definition) is 4. The Morgan fingerprint density at radius 3 is 2.20 bits per heavy atom. The van der Waals surface area contributed by atoms with Crippen molar-refractivity contribution in [1.29, 1.82) is 0 Å². The van der Waals surface area contributed by atoms with E-state index in [1.165, 1.54) is 14.2 Å². The number of ketones is 1. The first-order valence-corrected chi connectivity index (χ1v) is 8.06. The summed E-state index contributed by atoms with van der Waals surface area (Å²) in [5.41, 5.74) is 1.92. The van der Waals surface area contributed by atoms with Crippen molar-refractivity contribution in [2.45, 2.75) is 25.7 Å². The summed E-state index contributed by atoms with van der Waals surface area (Å²) in [7, 11) is -0.843. The third-order valence-electron chi connectivity index (χ3n) is 3.68. The molecule has 1 aromatic rings. The predicted molar refractivity (Wildman–Crippen MR) is 77.7 cm³/mol. The molecule has 1 aromatic carbocycles. The molecule has 1 atom stereocenters. The van der Waals surface area contributed by atoms with Crippen LogP contribution in [-0.2, 0) is 18.4 Å². The molecule has 1 unspecified atom stereocenters. The van der Waals surface area contributed by atoms with Gasteiger partial charge in [-0.1, -0.05) is 35.9 Å². The highest BCUT2D eigenvalue weighted by Crippen LogP contribution is 2.59. The van der Waals surface area contributed by atoms with Crippen LogP contribution in [-0.4, -0.2) is 20.0 Å². The summed E-state index contributed by atoms with van der Waals surface area (Å²) in [5.74, 6) is -0.00995. The smallest absolute Gasteiger partial charge is 0.308 e. The van der Waals surface area contributed by atoms with Crippen LogP contribution in [0.15, 0.2) is 41.2 Å². The molecule has 0 aliphatic heterocycles. The first kappa shape index (κ1) is 15.2. The van der Waals surface area contributed by atoms with Gasteiger partial charge >= 0.3 is 7.60 Å². The van der Waals surface area contributed by atoms with Crippen LogP contribution in [0.5, 0.6) is 0 Å². The molecular formula is C15H19O4P. The Morgan fingerprint density at radius 2 is 1.70 bits per heavy atom. The van der Waals surface area contributed by atoms with Crippen LogP contribution in [0.25, 0.3) is 0 Å². The fourth-order valence-electron chi connectivity index (χ4n) is 2.70. The number of hydrogen-bond donors (Lipinski definition) is 0. The fourth-order valence-corrected chi connectivity index (χ4v) is 4.17. The molecule has 0 amide bonds. The third kappa shape index (κ3) is 2.78. The van der Waals surface area contributed by atoms with E-state index < -0.39 is 7.60 Å². The number of carbonyl (C=O) groups is 1. The molecule has 0 fully saturated rings. The maximum Gasteiger partial charge on any atom is 0.364 e. The minimum atomic E-state index is -3.46. The maximum absolute atomic E-state index is 12.4. The van der Waals surface area contributed by atoms with Crippen molar-refractivity contribution in [3.63, 3.8) is 0 Å². The van der Waals surface area contributed by atoms with Gasteiger partial charge in [-0.05, 0) is 24.8 Å². The minimum absolute atomic E-state index is 0.134. The molecule has 0 spiro atoms. The number of Topliss-reactive ketones (excluding diaryl/α,β-unsaturated/α-hetero) is 1.